The van der Waals surface area contributed by atoms with Gasteiger partial charge in [-0.15, -0.1) is 11.3 Å². The third kappa shape index (κ3) is 3.98. The largest absolute Gasteiger partial charge is 0.493 e. The van der Waals surface area contributed by atoms with E-state index in [1.165, 1.54) is 25.6 Å². The van der Waals surface area contributed by atoms with E-state index in [-0.39, 0.29) is 12.5 Å². The summed E-state index contributed by atoms with van der Waals surface area (Å²) in [6, 6.07) is 4.83. The summed E-state index contributed by atoms with van der Waals surface area (Å²) < 4.78 is 11.9. The van der Waals surface area contributed by atoms with E-state index >= 15 is 0 Å². The Morgan fingerprint density at radius 1 is 1.26 bits per heavy atom. The van der Waals surface area contributed by atoms with Crippen molar-refractivity contribution in [1.29, 1.82) is 0 Å². The van der Waals surface area contributed by atoms with Crippen LogP contribution in [0.4, 0.5) is 0 Å². The summed E-state index contributed by atoms with van der Waals surface area (Å²) in [5.74, 6) is 0.412. The van der Waals surface area contributed by atoms with Gasteiger partial charge in [0, 0.05) is 24.2 Å². The number of methoxy groups -OCH3 is 2. The zero-order chi connectivity index (χ0) is 16.8. The first-order valence-corrected chi connectivity index (χ1v) is 7.62. The normalized spacial score (nSPS) is 11.2. The molecule has 2 amide bonds. The third-order valence-electron chi connectivity index (χ3n) is 3.08. The summed E-state index contributed by atoms with van der Waals surface area (Å²) in [5.41, 5.74) is 0.377. The first-order valence-electron chi connectivity index (χ1n) is 6.74. The molecule has 1 heterocycles. The third-order valence-corrected chi connectivity index (χ3v) is 3.87. The van der Waals surface area contributed by atoms with Crippen molar-refractivity contribution >= 4 is 23.2 Å². The lowest BCUT2D eigenvalue weighted by Gasteiger charge is -2.07. The lowest BCUT2D eigenvalue weighted by Crippen LogP contribution is -2.28. The van der Waals surface area contributed by atoms with Gasteiger partial charge in [0.1, 0.15) is 6.54 Å². The predicted octanol–water partition coefficient (Wildman–Crippen LogP) is 1.05. The van der Waals surface area contributed by atoms with Gasteiger partial charge >= 0.3 is 0 Å². The Hall–Kier alpha value is -2.61. The Morgan fingerprint density at radius 3 is 2.65 bits per heavy atom. The molecule has 0 radical (unpaired) electrons. The predicted molar refractivity (Wildman–Crippen MR) is 85.8 cm³/mol. The molecule has 2 rings (SSSR count). The summed E-state index contributed by atoms with van der Waals surface area (Å²) in [4.78, 5) is 28.3. The second-order valence-corrected chi connectivity index (χ2v) is 5.35. The molecule has 122 valence electrons. The van der Waals surface area contributed by atoms with Gasteiger partial charge in [-0.2, -0.15) is 4.99 Å². The number of nitrogens with one attached hydrogen (secondary N) is 1. The van der Waals surface area contributed by atoms with Gasteiger partial charge in [-0.25, -0.2) is 0 Å². The van der Waals surface area contributed by atoms with Crippen molar-refractivity contribution in [2.45, 2.75) is 6.54 Å². The fourth-order valence-electron chi connectivity index (χ4n) is 1.86. The molecule has 8 heteroatoms. The standard InChI is InChI=1S/C15H17N3O4S/c1-16-13(19)9-18-6-7-23-15(18)17-14(20)10-4-5-11(21-2)12(8-10)22-3/h4-8H,9H2,1-3H3,(H,16,19). The van der Waals surface area contributed by atoms with Crippen molar-refractivity contribution in [3.05, 3.63) is 40.1 Å². The summed E-state index contributed by atoms with van der Waals surface area (Å²) >= 11 is 1.28. The number of benzene rings is 1. The molecule has 0 saturated carbocycles. The van der Waals surface area contributed by atoms with Crippen LogP contribution >= 0.6 is 11.3 Å². The number of rotatable bonds is 5. The summed E-state index contributed by atoms with van der Waals surface area (Å²) in [5, 5.41) is 4.30. The van der Waals surface area contributed by atoms with Crippen LogP contribution in [0.1, 0.15) is 10.4 Å². The molecule has 0 aliphatic heterocycles. The highest BCUT2D eigenvalue weighted by molar-refractivity contribution is 7.07. The number of ether oxygens (including phenoxy) is 2. The van der Waals surface area contributed by atoms with Crippen molar-refractivity contribution < 1.29 is 19.1 Å². The van der Waals surface area contributed by atoms with Gasteiger partial charge in [0.05, 0.1) is 14.2 Å². The van der Waals surface area contributed by atoms with Crippen LogP contribution in [0, 0.1) is 0 Å². The van der Waals surface area contributed by atoms with Gasteiger partial charge in [-0.05, 0) is 18.2 Å². The van der Waals surface area contributed by atoms with Crippen molar-refractivity contribution in [2.75, 3.05) is 21.3 Å². The summed E-state index contributed by atoms with van der Waals surface area (Å²) in [6.07, 6.45) is 1.71. The molecular weight excluding hydrogens is 318 g/mol. The number of carbonyl (C=O) groups is 2. The number of carbonyl (C=O) groups excluding carboxylic acids is 2. The van der Waals surface area contributed by atoms with Gasteiger partial charge in [0.15, 0.2) is 16.3 Å². The Balaban J connectivity index is 2.32. The second-order valence-electron chi connectivity index (χ2n) is 4.47. The zero-order valence-electron chi connectivity index (χ0n) is 13.0. The molecule has 7 nitrogen and oxygen atoms in total. The van der Waals surface area contributed by atoms with Gasteiger partial charge < -0.3 is 19.4 Å². The number of hydrogen-bond donors (Lipinski definition) is 1. The Morgan fingerprint density at radius 2 is 2.00 bits per heavy atom. The number of hydrogen-bond acceptors (Lipinski definition) is 5. The number of likely N-dealkylation sites (N-methyl/N-ethyl adjacent to an activating group) is 1. The van der Waals surface area contributed by atoms with Crippen LogP contribution < -0.4 is 19.6 Å². The number of thiazole rings is 1. The molecule has 0 aliphatic rings. The molecule has 0 atom stereocenters. The second kappa shape index (κ2) is 7.59. The maximum atomic E-state index is 12.3. The fraction of sp³-hybridized carbons (Fsp3) is 0.267. The van der Waals surface area contributed by atoms with E-state index in [9.17, 15) is 9.59 Å². The molecule has 1 aromatic carbocycles. The molecule has 0 aliphatic carbocycles. The van der Waals surface area contributed by atoms with Crippen molar-refractivity contribution in [3.8, 4) is 11.5 Å². The van der Waals surface area contributed by atoms with Gasteiger partial charge in [0.25, 0.3) is 5.91 Å². The molecule has 0 fully saturated rings. The first kappa shape index (κ1) is 16.8. The van der Waals surface area contributed by atoms with E-state index < -0.39 is 5.91 Å². The minimum Gasteiger partial charge on any atom is -0.493 e. The maximum Gasteiger partial charge on any atom is 0.279 e. The average Bonchev–Trinajstić information content (AvgIpc) is 3.00. The van der Waals surface area contributed by atoms with Crippen molar-refractivity contribution in [1.82, 2.24) is 9.88 Å². The highest BCUT2D eigenvalue weighted by atomic mass is 32.1. The average molecular weight is 335 g/mol. The highest BCUT2D eigenvalue weighted by Crippen LogP contribution is 2.27. The molecule has 1 N–H and O–H groups in total. The minimum absolute atomic E-state index is 0.109. The molecule has 2 aromatic rings. The Kier molecular flexibility index (Phi) is 5.53. The van der Waals surface area contributed by atoms with Crippen LogP contribution in [0.15, 0.2) is 34.8 Å². The smallest absolute Gasteiger partial charge is 0.279 e. The monoisotopic (exact) mass is 335 g/mol. The van der Waals surface area contributed by atoms with Gasteiger partial charge in [-0.3, -0.25) is 9.59 Å². The van der Waals surface area contributed by atoms with Crippen LogP contribution in [0.5, 0.6) is 11.5 Å². The number of aromatic nitrogens is 1. The molecule has 0 unspecified atom stereocenters. The SMILES string of the molecule is CNC(=O)Cn1ccsc1=NC(=O)c1ccc(OC)c(OC)c1. The molecular formula is C15H17N3O4S. The van der Waals surface area contributed by atoms with E-state index in [1.807, 2.05) is 0 Å². The lowest BCUT2D eigenvalue weighted by atomic mass is 10.2. The lowest BCUT2D eigenvalue weighted by molar-refractivity contribution is -0.121. The van der Waals surface area contributed by atoms with Crippen LogP contribution in [-0.2, 0) is 11.3 Å². The minimum atomic E-state index is -0.418. The van der Waals surface area contributed by atoms with Crippen LogP contribution in [0.3, 0.4) is 0 Å². The van der Waals surface area contributed by atoms with Crippen LogP contribution in [-0.4, -0.2) is 37.6 Å². The van der Waals surface area contributed by atoms with E-state index in [1.54, 1.807) is 41.4 Å². The van der Waals surface area contributed by atoms with Crippen LogP contribution in [0.25, 0.3) is 0 Å². The number of nitrogens with zero attached hydrogens (tertiary/aromatic N) is 2. The number of amides is 2. The topological polar surface area (TPSA) is 81.9 Å². The molecule has 0 spiro atoms. The maximum absolute atomic E-state index is 12.3. The Labute approximate surface area is 137 Å². The van der Waals surface area contributed by atoms with Crippen molar-refractivity contribution in [2.24, 2.45) is 4.99 Å². The van der Waals surface area contributed by atoms with E-state index in [4.69, 9.17) is 9.47 Å². The van der Waals surface area contributed by atoms with Crippen LogP contribution in [0.2, 0.25) is 0 Å². The van der Waals surface area contributed by atoms with Crippen molar-refractivity contribution in [3.63, 3.8) is 0 Å². The summed E-state index contributed by atoms with van der Waals surface area (Å²) in [7, 11) is 4.58. The van der Waals surface area contributed by atoms with Gasteiger partial charge in [0.2, 0.25) is 5.91 Å². The molecule has 0 bridgehead atoms. The summed E-state index contributed by atoms with van der Waals surface area (Å²) in [6.45, 7) is 0.109. The zero-order valence-corrected chi connectivity index (χ0v) is 13.8. The van der Waals surface area contributed by atoms with E-state index in [0.717, 1.165) is 0 Å². The molecule has 1 aromatic heterocycles. The highest BCUT2D eigenvalue weighted by Gasteiger charge is 2.11. The Bertz CT molecular complexity index is 779. The van der Waals surface area contributed by atoms with Gasteiger partial charge in [-0.1, -0.05) is 0 Å². The molecule has 23 heavy (non-hydrogen) atoms. The van der Waals surface area contributed by atoms with E-state index in [2.05, 4.69) is 10.3 Å². The molecule has 0 saturated heterocycles. The first-order chi connectivity index (χ1) is 11.1. The fourth-order valence-corrected chi connectivity index (χ4v) is 2.59. The van der Waals surface area contributed by atoms with E-state index in [0.29, 0.717) is 21.9 Å². The quantitative estimate of drug-likeness (QED) is 0.885.